The molecule has 0 aliphatic carbocycles. The molecule has 4 aromatic carbocycles. The van der Waals surface area contributed by atoms with Gasteiger partial charge in [-0.25, -0.2) is 40.8 Å². The second-order valence-corrected chi connectivity index (χ2v) is 14.8. The van der Waals surface area contributed by atoms with Crippen molar-refractivity contribution >= 4 is 45.8 Å². The van der Waals surface area contributed by atoms with Crippen molar-refractivity contribution in [3.05, 3.63) is 167 Å². The third kappa shape index (κ3) is 14.3. The Balaban J connectivity index is 0.000000223. The summed E-state index contributed by atoms with van der Waals surface area (Å²) in [5.74, 6) is -1.70. The molecule has 17 nitrogen and oxygen atoms in total. The van der Waals surface area contributed by atoms with Crippen LogP contribution in [-0.2, 0) is 32.0 Å². The molecule has 0 aliphatic heterocycles. The van der Waals surface area contributed by atoms with Gasteiger partial charge in [-0.2, -0.15) is 26.3 Å². The van der Waals surface area contributed by atoms with Crippen LogP contribution in [0.5, 0.6) is 0 Å². The van der Waals surface area contributed by atoms with Crippen LogP contribution in [0.25, 0.3) is 22.1 Å². The summed E-state index contributed by atoms with van der Waals surface area (Å²) in [5, 5.41) is 5.06. The number of hydrazine groups is 2. The topological polar surface area (TPSA) is 241 Å². The van der Waals surface area contributed by atoms with Crippen LogP contribution in [0, 0.1) is 0 Å². The van der Waals surface area contributed by atoms with Gasteiger partial charge in [0.05, 0.1) is 45.8 Å². The standard InChI is InChI=1S/C24H25F3N8O.C21H18F3N7O.C2H6/c25-24(26,27)20-16(14-29-23(34-20)35-30-13-15-7-2-1-3-8-15)22(36)33-19(11-6-12-28)21-31-17-9-4-5-10-18(17)32-21;22-21(23,24)18-14(11-26-20(30-18)31-27-10-13-6-2-1-3-7-13)19(32)25-12-17-28-15-8-4-5-9-16(15)29-17;1-2/h1-5,7-10,14,19,30H,6,11-13,28H2,(H,31,32)(H,33,36)(H,29,34,35);1-9,11,27H,10,12H2,(H,25,32)(H,28,29)(H,26,30,31);1-2H3. The second-order valence-electron chi connectivity index (χ2n) is 14.8. The third-order valence-electron chi connectivity index (χ3n) is 9.87. The SMILES string of the molecule is CC.NCCCC(NC(=O)c1cnc(NNCc2ccccc2)nc1C(F)(F)F)c1nc2ccccc2[nH]1.O=C(NCc1nc2ccccc2[nH]1)c1cnc(NNCc2ccccc2)nc1C(F)(F)F. The number of nitrogens with one attached hydrogen (secondary N) is 8. The molecule has 1 atom stereocenters. The van der Waals surface area contributed by atoms with Crippen molar-refractivity contribution in [3.63, 3.8) is 0 Å². The summed E-state index contributed by atoms with van der Waals surface area (Å²) in [4.78, 5) is 55.1. The molecule has 4 heterocycles. The fourth-order valence-electron chi connectivity index (χ4n) is 6.61. The average Bonchev–Trinajstić information content (AvgIpc) is 4.00. The first-order chi connectivity index (χ1) is 33.7. The van der Waals surface area contributed by atoms with Crippen LogP contribution in [0.2, 0.25) is 0 Å². The van der Waals surface area contributed by atoms with E-state index in [0.29, 0.717) is 55.2 Å². The number of imidazole rings is 2. The molecule has 10 N–H and O–H groups in total. The summed E-state index contributed by atoms with van der Waals surface area (Å²) in [7, 11) is 0. The molecule has 366 valence electrons. The number of hydrogen-bond acceptors (Lipinski definition) is 13. The number of aromatic nitrogens is 8. The van der Waals surface area contributed by atoms with Crippen LogP contribution in [0.3, 0.4) is 0 Å². The van der Waals surface area contributed by atoms with Crippen LogP contribution in [0.1, 0.15) is 87.6 Å². The van der Waals surface area contributed by atoms with Gasteiger partial charge in [0.15, 0.2) is 11.4 Å². The van der Waals surface area contributed by atoms with Crippen LogP contribution >= 0.6 is 0 Å². The molecule has 4 aromatic heterocycles. The molecular weight excluding hydrogens is 921 g/mol. The highest BCUT2D eigenvalue weighted by Crippen LogP contribution is 2.32. The second kappa shape index (κ2) is 24.3. The number of alkyl halides is 6. The molecule has 0 saturated carbocycles. The minimum absolute atomic E-state index is 0.0799. The quantitative estimate of drug-likeness (QED) is 0.0310. The van der Waals surface area contributed by atoms with E-state index in [4.69, 9.17) is 5.73 Å². The molecule has 8 aromatic rings. The number of halogens is 6. The van der Waals surface area contributed by atoms with E-state index in [0.717, 1.165) is 34.6 Å². The number of fused-ring (bicyclic) bond motifs is 2. The van der Waals surface area contributed by atoms with Crippen LogP contribution in [0.4, 0.5) is 38.2 Å². The largest absolute Gasteiger partial charge is 0.434 e. The monoisotopic (exact) mass is 969 g/mol. The number of rotatable bonds is 17. The van der Waals surface area contributed by atoms with Gasteiger partial charge in [0.2, 0.25) is 11.9 Å². The Kier molecular flexibility index (Phi) is 17.8. The zero-order chi connectivity index (χ0) is 50.1. The molecule has 2 amide bonds. The first-order valence-electron chi connectivity index (χ1n) is 21.9. The van der Waals surface area contributed by atoms with Crippen molar-refractivity contribution < 1.29 is 35.9 Å². The Labute approximate surface area is 396 Å². The van der Waals surface area contributed by atoms with Gasteiger partial charge >= 0.3 is 12.4 Å². The molecule has 70 heavy (non-hydrogen) atoms. The van der Waals surface area contributed by atoms with Gasteiger partial charge in [-0.3, -0.25) is 20.4 Å². The lowest BCUT2D eigenvalue weighted by Crippen LogP contribution is -2.32. The first-order valence-corrected chi connectivity index (χ1v) is 21.9. The molecular formula is C47H49F6N15O2. The minimum Gasteiger partial charge on any atom is -0.345 e. The lowest BCUT2D eigenvalue weighted by molar-refractivity contribution is -0.142. The van der Waals surface area contributed by atoms with E-state index >= 15 is 0 Å². The number of carbonyl (C=O) groups is 2. The van der Waals surface area contributed by atoms with Gasteiger partial charge in [0.1, 0.15) is 11.6 Å². The summed E-state index contributed by atoms with van der Waals surface area (Å²) < 4.78 is 82.1. The van der Waals surface area contributed by atoms with Gasteiger partial charge in [0.25, 0.3) is 11.8 Å². The zero-order valence-electron chi connectivity index (χ0n) is 37.7. The predicted molar refractivity (Wildman–Crippen MR) is 251 cm³/mol. The lowest BCUT2D eigenvalue weighted by atomic mass is 10.1. The number of H-pyrrole nitrogens is 2. The molecule has 1 unspecified atom stereocenters. The van der Waals surface area contributed by atoms with Crippen molar-refractivity contribution in [2.75, 3.05) is 17.4 Å². The Hall–Kier alpha value is -8.02. The molecule has 0 bridgehead atoms. The molecule has 0 fully saturated rings. The highest BCUT2D eigenvalue weighted by molar-refractivity contribution is 5.96. The van der Waals surface area contributed by atoms with E-state index < -0.39 is 52.7 Å². The van der Waals surface area contributed by atoms with Gasteiger partial charge in [0, 0.05) is 25.5 Å². The fraction of sp³-hybridized carbons (Fsp3) is 0.234. The number of anilines is 2. The first kappa shape index (κ1) is 51.4. The highest BCUT2D eigenvalue weighted by atomic mass is 19.4. The van der Waals surface area contributed by atoms with E-state index in [2.05, 4.69) is 72.2 Å². The van der Waals surface area contributed by atoms with Crippen LogP contribution in [0.15, 0.2) is 122 Å². The smallest absolute Gasteiger partial charge is 0.345 e. The van der Waals surface area contributed by atoms with E-state index in [1.807, 2.05) is 105 Å². The van der Waals surface area contributed by atoms with Gasteiger partial charge in [-0.05, 0) is 54.8 Å². The average molecular weight is 970 g/mol. The minimum atomic E-state index is -4.88. The number of carbonyl (C=O) groups excluding carboxylic acids is 2. The summed E-state index contributed by atoms with van der Waals surface area (Å²) in [5.41, 5.74) is 16.9. The normalized spacial score (nSPS) is 11.7. The molecule has 0 saturated heterocycles. The predicted octanol–water partition coefficient (Wildman–Crippen LogP) is 8.14. The summed E-state index contributed by atoms with van der Waals surface area (Å²) in [6.07, 6.45) is -7.11. The van der Waals surface area contributed by atoms with Gasteiger partial charge in [-0.1, -0.05) is 98.8 Å². The Morgan fingerprint density at radius 1 is 0.600 bits per heavy atom. The summed E-state index contributed by atoms with van der Waals surface area (Å²) in [6.45, 7) is 4.93. The summed E-state index contributed by atoms with van der Waals surface area (Å²) >= 11 is 0. The Bertz CT molecular complexity index is 2870. The molecule has 0 spiro atoms. The lowest BCUT2D eigenvalue weighted by Gasteiger charge is -2.18. The van der Waals surface area contributed by atoms with Crippen LogP contribution in [-0.4, -0.2) is 58.2 Å². The van der Waals surface area contributed by atoms with Crippen molar-refractivity contribution in [3.8, 4) is 0 Å². The molecule has 8 rings (SSSR count). The maximum absolute atomic E-state index is 13.8. The third-order valence-corrected chi connectivity index (χ3v) is 9.87. The number of nitrogens with zero attached hydrogens (tertiary/aromatic N) is 6. The number of hydrogen-bond donors (Lipinski definition) is 9. The van der Waals surface area contributed by atoms with Gasteiger partial charge in [-0.15, -0.1) is 0 Å². The number of benzene rings is 4. The van der Waals surface area contributed by atoms with Crippen molar-refractivity contribution in [1.82, 2.24) is 61.4 Å². The fourth-order valence-corrected chi connectivity index (χ4v) is 6.61. The van der Waals surface area contributed by atoms with Gasteiger partial charge < -0.3 is 26.3 Å². The number of amides is 2. The Morgan fingerprint density at radius 3 is 1.56 bits per heavy atom. The maximum Gasteiger partial charge on any atom is 0.434 e. The van der Waals surface area contributed by atoms with E-state index in [1.165, 1.54) is 0 Å². The molecule has 0 aliphatic rings. The number of nitrogens with two attached hydrogens (primary N) is 1. The Morgan fingerprint density at radius 2 is 1.07 bits per heavy atom. The molecule has 0 radical (unpaired) electrons. The molecule has 23 heteroatoms. The number of para-hydroxylation sites is 4. The highest BCUT2D eigenvalue weighted by Gasteiger charge is 2.39. The van der Waals surface area contributed by atoms with Crippen molar-refractivity contribution in [2.24, 2.45) is 5.73 Å². The van der Waals surface area contributed by atoms with E-state index in [-0.39, 0.29) is 18.4 Å². The van der Waals surface area contributed by atoms with E-state index in [1.54, 1.807) is 18.2 Å². The van der Waals surface area contributed by atoms with Crippen LogP contribution < -0.4 is 38.1 Å². The van der Waals surface area contributed by atoms with Crippen molar-refractivity contribution in [2.45, 2.75) is 64.7 Å². The van der Waals surface area contributed by atoms with Crippen molar-refractivity contribution in [1.29, 1.82) is 0 Å². The zero-order valence-corrected chi connectivity index (χ0v) is 37.7. The van der Waals surface area contributed by atoms with E-state index in [9.17, 15) is 35.9 Å². The summed E-state index contributed by atoms with van der Waals surface area (Å²) in [6, 6.07) is 32.3. The maximum atomic E-state index is 13.8. The number of aromatic amines is 2.